The average Bonchev–Trinajstić information content (AvgIpc) is 2.86. The Kier molecular flexibility index (Phi) is 10.4. The van der Waals surface area contributed by atoms with Gasteiger partial charge in [-0.3, -0.25) is 0 Å². The second kappa shape index (κ2) is 13.8. The van der Waals surface area contributed by atoms with Gasteiger partial charge in [0.1, 0.15) is 11.5 Å². The van der Waals surface area contributed by atoms with E-state index in [0.29, 0.717) is 19.1 Å². The smallest absolute Gasteiger partial charge is 0.118 e. The molecule has 0 aromatic heterocycles. The number of hydrogen-bond acceptors (Lipinski definition) is 4. The van der Waals surface area contributed by atoms with E-state index in [2.05, 4.69) is 30.4 Å². The Morgan fingerprint density at radius 1 is 0.844 bits per heavy atom. The summed E-state index contributed by atoms with van der Waals surface area (Å²) in [5, 5.41) is 0. The van der Waals surface area contributed by atoms with E-state index in [4.69, 9.17) is 18.9 Å². The van der Waals surface area contributed by atoms with Crippen LogP contribution in [0.5, 0.6) is 11.5 Å². The molecule has 0 aliphatic heterocycles. The lowest BCUT2D eigenvalue weighted by atomic mass is 9.87. The van der Waals surface area contributed by atoms with Crippen molar-refractivity contribution in [3.8, 4) is 11.5 Å². The Morgan fingerprint density at radius 3 is 1.97 bits per heavy atom. The van der Waals surface area contributed by atoms with Gasteiger partial charge in [0.05, 0.1) is 40.6 Å². The van der Waals surface area contributed by atoms with E-state index < -0.39 is 0 Å². The normalized spacial score (nSPS) is 16.2. The van der Waals surface area contributed by atoms with Gasteiger partial charge in [-0.1, -0.05) is 48.1 Å². The number of ether oxygens (including phenoxy) is 4. The standard InChI is InChI=1S/C28H36O4/c1-29-27-14-10-23(11-15-27)21-31-19-6-9-26(25-7-4-3-5-8-25)18-20-32-22-24-12-16-28(30-2)17-13-24/h4,7,9-17,25H,3,5-6,8,18-22H2,1-2H3/b26-9-. The van der Waals surface area contributed by atoms with Crippen LogP contribution in [0.2, 0.25) is 0 Å². The Bertz CT molecular complexity index is 837. The fourth-order valence-electron chi connectivity index (χ4n) is 3.90. The monoisotopic (exact) mass is 436 g/mol. The molecule has 3 rings (SSSR count). The molecule has 4 nitrogen and oxygen atoms in total. The Labute approximate surface area is 192 Å². The molecule has 0 saturated carbocycles. The summed E-state index contributed by atoms with van der Waals surface area (Å²) in [6, 6.07) is 16.1. The maximum Gasteiger partial charge on any atom is 0.118 e. The van der Waals surface area contributed by atoms with Crippen LogP contribution in [0.4, 0.5) is 0 Å². The third kappa shape index (κ3) is 8.18. The molecule has 0 heterocycles. The van der Waals surface area contributed by atoms with Crippen LogP contribution in [0.3, 0.4) is 0 Å². The maximum atomic E-state index is 5.97. The topological polar surface area (TPSA) is 36.9 Å². The number of hydrogen-bond donors (Lipinski definition) is 0. The second-order valence-corrected chi connectivity index (χ2v) is 8.08. The van der Waals surface area contributed by atoms with E-state index in [1.54, 1.807) is 14.2 Å². The van der Waals surface area contributed by atoms with E-state index >= 15 is 0 Å². The highest BCUT2D eigenvalue weighted by Gasteiger charge is 2.13. The average molecular weight is 437 g/mol. The summed E-state index contributed by atoms with van der Waals surface area (Å²) in [4.78, 5) is 0. The van der Waals surface area contributed by atoms with E-state index in [1.165, 1.54) is 30.4 Å². The molecule has 4 heteroatoms. The number of benzene rings is 2. The van der Waals surface area contributed by atoms with Crippen molar-refractivity contribution in [2.24, 2.45) is 5.92 Å². The first-order valence-electron chi connectivity index (χ1n) is 11.6. The molecule has 172 valence electrons. The van der Waals surface area contributed by atoms with Crippen molar-refractivity contribution in [3.63, 3.8) is 0 Å². The first-order valence-corrected chi connectivity index (χ1v) is 11.6. The van der Waals surface area contributed by atoms with Crippen LogP contribution in [0.15, 0.2) is 72.3 Å². The van der Waals surface area contributed by atoms with Gasteiger partial charge in [0.25, 0.3) is 0 Å². The molecule has 1 aliphatic carbocycles. The van der Waals surface area contributed by atoms with Gasteiger partial charge in [0, 0.05) is 0 Å². The van der Waals surface area contributed by atoms with Crippen molar-refractivity contribution in [3.05, 3.63) is 83.5 Å². The molecule has 0 fully saturated rings. The van der Waals surface area contributed by atoms with Crippen molar-refractivity contribution in [1.29, 1.82) is 0 Å². The Balaban J connectivity index is 1.43. The molecular weight excluding hydrogens is 400 g/mol. The molecule has 0 N–H and O–H groups in total. The first kappa shape index (κ1) is 24.1. The highest BCUT2D eigenvalue weighted by atomic mass is 16.5. The number of rotatable bonds is 13. The molecule has 0 spiro atoms. The van der Waals surface area contributed by atoms with Crippen LogP contribution in [-0.4, -0.2) is 27.4 Å². The molecule has 32 heavy (non-hydrogen) atoms. The minimum absolute atomic E-state index is 0.537. The molecule has 0 amide bonds. The van der Waals surface area contributed by atoms with Gasteiger partial charge in [-0.05, 0) is 73.4 Å². The predicted octanol–water partition coefficient (Wildman–Crippen LogP) is 6.50. The van der Waals surface area contributed by atoms with Crippen molar-refractivity contribution in [2.45, 2.75) is 45.3 Å². The SMILES string of the molecule is COc1ccc(COCC/C=C(/CCOCc2ccc(OC)cc2)C2C=CCCC2)cc1. The quantitative estimate of drug-likeness (QED) is 0.265. The summed E-state index contributed by atoms with van der Waals surface area (Å²) in [5.74, 6) is 2.28. The molecule has 1 unspecified atom stereocenters. The third-order valence-corrected chi connectivity index (χ3v) is 5.79. The Morgan fingerprint density at radius 2 is 1.44 bits per heavy atom. The zero-order valence-electron chi connectivity index (χ0n) is 19.4. The highest BCUT2D eigenvalue weighted by Crippen LogP contribution is 2.27. The van der Waals surface area contributed by atoms with Crippen LogP contribution < -0.4 is 9.47 Å². The van der Waals surface area contributed by atoms with Crippen LogP contribution in [0.1, 0.15) is 43.2 Å². The third-order valence-electron chi connectivity index (χ3n) is 5.79. The number of allylic oxidation sites excluding steroid dienone is 2. The number of methoxy groups -OCH3 is 2. The summed E-state index contributed by atoms with van der Waals surface area (Å²) < 4.78 is 22.3. The van der Waals surface area contributed by atoms with Crippen LogP contribution >= 0.6 is 0 Å². The fourth-order valence-corrected chi connectivity index (χ4v) is 3.90. The van der Waals surface area contributed by atoms with Crippen molar-refractivity contribution >= 4 is 0 Å². The molecule has 0 radical (unpaired) electrons. The van der Waals surface area contributed by atoms with Crippen molar-refractivity contribution in [2.75, 3.05) is 27.4 Å². The minimum atomic E-state index is 0.537. The summed E-state index contributed by atoms with van der Waals surface area (Å²) in [5.41, 5.74) is 3.81. The molecule has 1 atom stereocenters. The Hall–Kier alpha value is -2.56. The van der Waals surface area contributed by atoms with Crippen molar-refractivity contribution < 1.29 is 18.9 Å². The van der Waals surface area contributed by atoms with Gasteiger partial charge < -0.3 is 18.9 Å². The molecule has 1 aliphatic rings. The van der Waals surface area contributed by atoms with E-state index in [9.17, 15) is 0 Å². The molecule has 0 bridgehead atoms. The summed E-state index contributed by atoms with van der Waals surface area (Å²) in [6.07, 6.45) is 12.6. The van der Waals surface area contributed by atoms with Crippen LogP contribution in [0.25, 0.3) is 0 Å². The van der Waals surface area contributed by atoms with Gasteiger partial charge in [0.15, 0.2) is 0 Å². The largest absolute Gasteiger partial charge is 0.497 e. The zero-order chi connectivity index (χ0) is 22.4. The molecule has 2 aromatic carbocycles. The van der Waals surface area contributed by atoms with Gasteiger partial charge >= 0.3 is 0 Å². The lowest BCUT2D eigenvalue weighted by Crippen LogP contribution is -2.08. The predicted molar refractivity (Wildman–Crippen MR) is 129 cm³/mol. The van der Waals surface area contributed by atoms with E-state index in [-0.39, 0.29) is 0 Å². The lowest BCUT2D eigenvalue weighted by Gasteiger charge is -2.20. The minimum Gasteiger partial charge on any atom is -0.497 e. The van der Waals surface area contributed by atoms with Gasteiger partial charge in [0.2, 0.25) is 0 Å². The summed E-state index contributed by atoms with van der Waals surface area (Å²) >= 11 is 0. The lowest BCUT2D eigenvalue weighted by molar-refractivity contribution is 0.120. The molecule has 0 saturated heterocycles. The molecule has 2 aromatic rings. The highest BCUT2D eigenvalue weighted by molar-refractivity contribution is 5.27. The first-order chi connectivity index (χ1) is 15.8. The van der Waals surface area contributed by atoms with Gasteiger partial charge in [-0.15, -0.1) is 0 Å². The summed E-state index contributed by atoms with van der Waals surface area (Å²) in [6.45, 7) is 2.71. The van der Waals surface area contributed by atoms with Gasteiger partial charge in [-0.25, -0.2) is 0 Å². The van der Waals surface area contributed by atoms with Crippen LogP contribution in [0, 0.1) is 5.92 Å². The summed E-state index contributed by atoms with van der Waals surface area (Å²) in [7, 11) is 3.37. The molecular formula is C28H36O4. The van der Waals surface area contributed by atoms with Crippen molar-refractivity contribution in [1.82, 2.24) is 0 Å². The maximum absolute atomic E-state index is 5.97. The fraction of sp³-hybridized carbons (Fsp3) is 0.429. The van der Waals surface area contributed by atoms with Crippen LogP contribution in [-0.2, 0) is 22.7 Å². The zero-order valence-corrected chi connectivity index (χ0v) is 19.4. The van der Waals surface area contributed by atoms with E-state index in [1.807, 2.05) is 36.4 Å². The van der Waals surface area contributed by atoms with Gasteiger partial charge in [-0.2, -0.15) is 0 Å². The van der Waals surface area contributed by atoms with E-state index in [0.717, 1.165) is 43.1 Å². The second-order valence-electron chi connectivity index (χ2n) is 8.08.